The van der Waals surface area contributed by atoms with E-state index in [1.54, 1.807) is 0 Å². The predicted octanol–water partition coefficient (Wildman–Crippen LogP) is 5.54. The fraction of sp³-hybridized carbons (Fsp3) is 0.192. The van der Waals surface area contributed by atoms with Crippen molar-refractivity contribution in [1.29, 1.82) is 0 Å². The van der Waals surface area contributed by atoms with Gasteiger partial charge < -0.3 is 10.2 Å². The Morgan fingerprint density at radius 3 is 2.29 bits per heavy atom. The maximum absolute atomic E-state index is 12.7. The van der Waals surface area contributed by atoms with Crippen LogP contribution in [-0.4, -0.2) is 29.2 Å². The lowest BCUT2D eigenvalue weighted by molar-refractivity contribution is 0.102. The van der Waals surface area contributed by atoms with Gasteiger partial charge in [0, 0.05) is 29.9 Å². The summed E-state index contributed by atoms with van der Waals surface area (Å²) in [5.41, 5.74) is 3.19. The van der Waals surface area contributed by atoms with Crippen LogP contribution in [0.4, 0.5) is 11.5 Å². The number of amides is 1. The highest BCUT2D eigenvalue weighted by molar-refractivity contribution is 6.06. The molecule has 5 rings (SSSR count). The summed E-state index contributed by atoms with van der Waals surface area (Å²) in [6.07, 6.45) is 3.73. The van der Waals surface area contributed by atoms with Crippen molar-refractivity contribution in [1.82, 2.24) is 10.2 Å². The Hall–Kier alpha value is -3.73. The molecule has 1 aromatic heterocycles. The van der Waals surface area contributed by atoms with Crippen LogP contribution >= 0.6 is 0 Å². The molecule has 154 valence electrons. The molecule has 0 radical (unpaired) electrons. The number of hydrogen-bond acceptors (Lipinski definition) is 4. The Morgan fingerprint density at radius 2 is 1.55 bits per heavy atom. The van der Waals surface area contributed by atoms with E-state index in [-0.39, 0.29) is 5.91 Å². The average Bonchev–Trinajstić information content (AvgIpc) is 2.85. The summed E-state index contributed by atoms with van der Waals surface area (Å²) in [5, 5.41) is 14.0. The van der Waals surface area contributed by atoms with Crippen molar-refractivity contribution in [2.24, 2.45) is 0 Å². The molecule has 5 nitrogen and oxygen atoms in total. The van der Waals surface area contributed by atoms with Gasteiger partial charge in [-0.25, -0.2) is 0 Å². The molecule has 5 heteroatoms. The molecule has 1 saturated heterocycles. The monoisotopic (exact) mass is 408 g/mol. The van der Waals surface area contributed by atoms with E-state index in [2.05, 4.69) is 20.4 Å². The second kappa shape index (κ2) is 8.56. The van der Waals surface area contributed by atoms with E-state index < -0.39 is 0 Å². The van der Waals surface area contributed by atoms with E-state index in [1.807, 2.05) is 78.9 Å². The fourth-order valence-electron chi connectivity index (χ4n) is 4.03. The van der Waals surface area contributed by atoms with E-state index in [4.69, 9.17) is 0 Å². The number of nitrogens with zero attached hydrogens (tertiary/aromatic N) is 3. The van der Waals surface area contributed by atoms with Crippen LogP contribution in [-0.2, 0) is 0 Å². The number of nitrogens with one attached hydrogen (secondary N) is 1. The first-order valence-corrected chi connectivity index (χ1v) is 10.8. The molecule has 1 fully saturated rings. The number of aromatic nitrogens is 2. The number of piperidine rings is 1. The van der Waals surface area contributed by atoms with E-state index in [9.17, 15) is 4.79 Å². The minimum absolute atomic E-state index is 0.121. The van der Waals surface area contributed by atoms with Crippen molar-refractivity contribution >= 4 is 28.2 Å². The highest BCUT2D eigenvalue weighted by Gasteiger charge is 2.13. The van der Waals surface area contributed by atoms with Crippen LogP contribution < -0.4 is 10.2 Å². The second-order valence-corrected chi connectivity index (χ2v) is 7.92. The van der Waals surface area contributed by atoms with E-state index >= 15 is 0 Å². The first-order valence-electron chi connectivity index (χ1n) is 10.8. The average molecular weight is 409 g/mol. The van der Waals surface area contributed by atoms with Crippen LogP contribution in [0.2, 0.25) is 0 Å². The quantitative estimate of drug-likeness (QED) is 0.482. The van der Waals surface area contributed by atoms with Gasteiger partial charge in [0.1, 0.15) is 0 Å². The first kappa shape index (κ1) is 19.2. The van der Waals surface area contributed by atoms with Crippen molar-refractivity contribution in [2.45, 2.75) is 19.3 Å². The normalized spacial score (nSPS) is 13.9. The standard InChI is InChI=1S/C26H24N4O/c31-26(22-9-8-19-6-2-3-7-21(19)18-22)27-23-12-10-20(11-13-23)24-14-15-25(29-28-24)30-16-4-1-5-17-30/h2-3,6-15,18H,1,4-5,16-17H2,(H,27,31). The molecule has 0 saturated carbocycles. The third kappa shape index (κ3) is 4.26. The summed E-state index contributed by atoms with van der Waals surface area (Å²) in [6.45, 7) is 2.11. The van der Waals surface area contributed by atoms with Crippen LogP contribution in [0.5, 0.6) is 0 Å². The fourth-order valence-corrected chi connectivity index (χ4v) is 4.03. The lowest BCUT2D eigenvalue weighted by Gasteiger charge is -2.27. The van der Waals surface area contributed by atoms with Gasteiger partial charge >= 0.3 is 0 Å². The third-order valence-electron chi connectivity index (χ3n) is 5.78. The van der Waals surface area contributed by atoms with Gasteiger partial charge in [-0.2, -0.15) is 0 Å². The lowest BCUT2D eigenvalue weighted by atomic mass is 10.1. The van der Waals surface area contributed by atoms with Crippen LogP contribution in [0, 0.1) is 0 Å². The van der Waals surface area contributed by atoms with Crippen molar-refractivity contribution < 1.29 is 4.79 Å². The predicted molar refractivity (Wildman–Crippen MR) is 125 cm³/mol. The molecule has 1 aliphatic heterocycles. The van der Waals surface area contributed by atoms with Gasteiger partial charge in [0.05, 0.1) is 5.69 Å². The maximum Gasteiger partial charge on any atom is 0.255 e. The van der Waals surface area contributed by atoms with Crippen LogP contribution in [0.25, 0.3) is 22.0 Å². The van der Waals surface area contributed by atoms with E-state index in [0.717, 1.165) is 46.6 Å². The summed E-state index contributed by atoms with van der Waals surface area (Å²) in [4.78, 5) is 15.0. The second-order valence-electron chi connectivity index (χ2n) is 7.92. The third-order valence-corrected chi connectivity index (χ3v) is 5.78. The zero-order valence-corrected chi connectivity index (χ0v) is 17.3. The largest absolute Gasteiger partial charge is 0.355 e. The first-order chi connectivity index (χ1) is 15.3. The molecule has 0 bridgehead atoms. The van der Waals surface area contributed by atoms with Crippen LogP contribution in [0.1, 0.15) is 29.6 Å². The molecular weight excluding hydrogens is 384 g/mol. The zero-order valence-electron chi connectivity index (χ0n) is 17.3. The summed E-state index contributed by atoms with van der Waals surface area (Å²) < 4.78 is 0. The number of fused-ring (bicyclic) bond motifs is 1. The Bertz CT molecular complexity index is 1200. The zero-order chi connectivity index (χ0) is 21.0. The Balaban J connectivity index is 1.27. The molecule has 0 unspecified atom stereocenters. The maximum atomic E-state index is 12.7. The molecule has 1 N–H and O–H groups in total. The van der Waals surface area contributed by atoms with Crippen molar-refractivity contribution in [2.75, 3.05) is 23.3 Å². The van der Waals surface area contributed by atoms with Gasteiger partial charge in [0.2, 0.25) is 0 Å². The molecule has 0 spiro atoms. The van der Waals surface area contributed by atoms with Gasteiger partial charge in [-0.05, 0) is 66.4 Å². The van der Waals surface area contributed by atoms with Gasteiger partial charge in [-0.15, -0.1) is 10.2 Å². The summed E-state index contributed by atoms with van der Waals surface area (Å²) in [5.74, 6) is 0.826. The molecule has 31 heavy (non-hydrogen) atoms. The summed E-state index contributed by atoms with van der Waals surface area (Å²) >= 11 is 0. The van der Waals surface area contributed by atoms with Crippen LogP contribution in [0.15, 0.2) is 78.9 Å². The Kier molecular flexibility index (Phi) is 5.31. The summed E-state index contributed by atoms with van der Waals surface area (Å²) in [7, 11) is 0. The van der Waals surface area contributed by atoms with Gasteiger partial charge in [-0.1, -0.05) is 42.5 Å². The van der Waals surface area contributed by atoms with Gasteiger partial charge in [0.15, 0.2) is 5.82 Å². The number of hydrogen-bond donors (Lipinski definition) is 1. The van der Waals surface area contributed by atoms with Gasteiger partial charge in [-0.3, -0.25) is 4.79 Å². The number of benzene rings is 3. The molecule has 2 heterocycles. The number of anilines is 2. The molecule has 0 aliphatic carbocycles. The van der Waals surface area contributed by atoms with Crippen molar-refractivity contribution in [3.63, 3.8) is 0 Å². The van der Waals surface area contributed by atoms with Crippen molar-refractivity contribution in [3.05, 3.63) is 84.4 Å². The highest BCUT2D eigenvalue weighted by Crippen LogP contribution is 2.23. The summed E-state index contributed by atoms with van der Waals surface area (Å²) in [6, 6.07) is 25.5. The molecule has 1 aliphatic rings. The van der Waals surface area contributed by atoms with Gasteiger partial charge in [0.25, 0.3) is 5.91 Å². The highest BCUT2D eigenvalue weighted by atomic mass is 16.1. The molecule has 3 aromatic carbocycles. The lowest BCUT2D eigenvalue weighted by Crippen LogP contribution is -2.30. The Labute approximate surface area is 181 Å². The minimum Gasteiger partial charge on any atom is -0.355 e. The molecule has 1 amide bonds. The molecule has 4 aromatic rings. The molecular formula is C26H24N4O. The number of carbonyl (C=O) groups is 1. The smallest absolute Gasteiger partial charge is 0.255 e. The Morgan fingerprint density at radius 1 is 0.774 bits per heavy atom. The SMILES string of the molecule is O=C(Nc1ccc(-c2ccc(N3CCCCC3)nn2)cc1)c1ccc2ccccc2c1. The van der Waals surface area contributed by atoms with E-state index in [0.29, 0.717) is 5.56 Å². The van der Waals surface area contributed by atoms with Crippen LogP contribution in [0.3, 0.4) is 0 Å². The minimum atomic E-state index is -0.121. The number of rotatable bonds is 4. The topological polar surface area (TPSA) is 58.1 Å². The number of carbonyl (C=O) groups excluding carboxylic acids is 1. The molecule has 0 atom stereocenters. The van der Waals surface area contributed by atoms with E-state index in [1.165, 1.54) is 19.3 Å². The van der Waals surface area contributed by atoms with Crippen molar-refractivity contribution in [3.8, 4) is 11.3 Å².